The molecule has 1 unspecified atom stereocenters. The summed E-state index contributed by atoms with van der Waals surface area (Å²) >= 11 is 0. The van der Waals surface area contributed by atoms with Crippen molar-refractivity contribution in [3.05, 3.63) is 23.8 Å². The Kier molecular flexibility index (Phi) is 6.13. The van der Waals surface area contributed by atoms with Gasteiger partial charge in [-0.1, -0.05) is 0 Å². The Balaban J connectivity index is 3.07. The van der Waals surface area contributed by atoms with Gasteiger partial charge in [-0.2, -0.15) is 0 Å². The molecule has 0 radical (unpaired) electrons. The average Bonchev–Trinajstić information content (AvgIpc) is 2.45. The highest BCUT2D eigenvalue weighted by molar-refractivity contribution is 7.89. The van der Waals surface area contributed by atoms with Gasteiger partial charge in [-0.25, -0.2) is 17.9 Å². The molecule has 21 heavy (non-hydrogen) atoms. The van der Waals surface area contributed by atoms with E-state index in [0.717, 1.165) is 6.07 Å². The summed E-state index contributed by atoms with van der Waals surface area (Å²) in [5.74, 6) is -1.12. The number of benzene rings is 1. The SMILES string of the molecule is CCOc1ccc(S(=O)(=O)NCC(C)OC)cc1C(=O)O. The van der Waals surface area contributed by atoms with Gasteiger partial charge in [0.1, 0.15) is 11.3 Å². The lowest BCUT2D eigenvalue weighted by Crippen LogP contribution is -2.31. The second-order valence-electron chi connectivity index (χ2n) is 4.29. The molecule has 0 bridgehead atoms. The fourth-order valence-corrected chi connectivity index (χ4v) is 2.66. The second-order valence-corrected chi connectivity index (χ2v) is 6.06. The lowest BCUT2D eigenvalue weighted by Gasteiger charge is -2.13. The van der Waals surface area contributed by atoms with Crippen molar-refractivity contribution in [3.63, 3.8) is 0 Å². The summed E-state index contributed by atoms with van der Waals surface area (Å²) < 4.78 is 36.7. The molecule has 0 saturated heterocycles. The first-order valence-corrected chi connectivity index (χ1v) is 7.82. The smallest absolute Gasteiger partial charge is 0.339 e. The summed E-state index contributed by atoms with van der Waals surface area (Å²) in [6.45, 7) is 3.80. The third kappa shape index (κ3) is 4.69. The van der Waals surface area contributed by atoms with Crippen LogP contribution in [0.1, 0.15) is 24.2 Å². The van der Waals surface area contributed by atoms with E-state index >= 15 is 0 Å². The standard InChI is InChI=1S/C13H19NO6S/c1-4-20-12-6-5-10(7-11(12)13(15)16)21(17,18)14-8-9(2)19-3/h5-7,9,14H,4,8H2,1-3H3,(H,15,16). The molecular formula is C13H19NO6S. The summed E-state index contributed by atoms with van der Waals surface area (Å²) in [4.78, 5) is 11.0. The third-order valence-corrected chi connectivity index (χ3v) is 4.18. The number of nitrogens with one attached hydrogen (secondary N) is 1. The number of carbonyl (C=O) groups is 1. The van der Waals surface area contributed by atoms with Crippen LogP contribution in [-0.2, 0) is 14.8 Å². The summed E-state index contributed by atoms with van der Waals surface area (Å²) in [6.07, 6.45) is -0.290. The maximum Gasteiger partial charge on any atom is 0.339 e. The average molecular weight is 317 g/mol. The highest BCUT2D eigenvalue weighted by atomic mass is 32.2. The fraction of sp³-hybridized carbons (Fsp3) is 0.462. The fourth-order valence-electron chi connectivity index (χ4n) is 1.52. The van der Waals surface area contributed by atoms with E-state index in [4.69, 9.17) is 14.6 Å². The van der Waals surface area contributed by atoms with Crippen molar-refractivity contribution in [2.45, 2.75) is 24.8 Å². The largest absolute Gasteiger partial charge is 0.493 e. The summed E-state index contributed by atoms with van der Waals surface area (Å²) in [7, 11) is -2.33. The van der Waals surface area contributed by atoms with Crippen LogP contribution in [0.3, 0.4) is 0 Å². The predicted molar refractivity (Wildman–Crippen MR) is 76.2 cm³/mol. The number of hydrogen-bond donors (Lipinski definition) is 2. The molecule has 0 saturated carbocycles. The van der Waals surface area contributed by atoms with Crippen LogP contribution >= 0.6 is 0 Å². The molecule has 0 spiro atoms. The Hall–Kier alpha value is -1.64. The predicted octanol–water partition coefficient (Wildman–Crippen LogP) is 1.10. The first-order chi connectivity index (χ1) is 9.81. The summed E-state index contributed by atoms with van der Waals surface area (Å²) in [5.41, 5.74) is -0.195. The highest BCUT2D eigenvalue weighted by Gasteiger charge is 2.20. The zero-order valence-electron chi connectivity index (χ0n) is 12.1. The van der Waals surface area contributed by atoms with Gasteiger partial charge < -0.3 is 14.6 Å². The number of ether oxygens (including phenoxy) is 2. The molecule has 8 heteroatoms. The maximum absolute atomic E-state index is 12.1. The van der Waals surface area contributed by atoms with Crippen LogP contribution < -0.4 is 9.46 Å². The van der Waals surface area contributed by atoms with Crippen LogP contribution in [0.25, 0.3) is 0 Å². The van der Waals surface area contributed by atoms with Crippen molar-refractivity contribution in [2.75, 3.05) is 20.3 Å². The first kappa shape index (κ1) is 17.4. The topological polar surface area (TPSA) is 102 Å². The van der Waals surface area contributed by atoms with Gasteiger partial charge in [0.05, 0.1) is 17.6 Å². The monoisotopic (exact) mass is 317 g/mol. The molecule has 0 heterocycles. The zero-order valence-corrected chi connectivity index (χ0v) is 12.9. The molecule has 7 nitrogen and oxygen atoms in total. The van der Waals surface area contributed by atoms with Gasteiger partial charge in [-0.3, -0.25) is 0 Å². The van der Waals surface area contributed by atoms with E-state index in [2.05, 4.69) is 4.72 Å². The maximum atomic E-state index is 12.1. The number of rotatable bonds is 8. The normalized spacial score (nSPS) is 12.9. The number of aromatic carboxylic acids is 1. The Bertz CT molecular complexity index is 599. The van der Waals surface area contributed by atoms with Gasteiger partial charge in [-0.15, -0.1) is 0 Å². The van der Waals surface area contributed by atoms with Crippen molar-refractivity contribution >= 4 is 16.0 Å². The molecule has 1 aromatic carbocycles. The molecule has 0 aliphatic carbocycles. The summed E-state index contributed by atoms with van der Waals surface area (Å²) in [5, 5.41) is 9.12. The van der Waals surface area contributed by atoms with Crippen LogP contribution in [0.5, 0.6) is 5.75 Å². The van der Waals surface area contributed by atoms with Gasteiger partial charge in [0.15, 0.2) is 0 Å². The second kappa shape index (κ2) is 7.39. The van der Waals surface area contributed by atoms with Crippen LogP contribution in [0, 0.1) is 0 Å². The number of hydrogen-bond acceptors (Lipinski definition) is 5. The van der Waals surface area contributed by atoms with Gasteiger partial charge in [-0.05, 0) is 32.0 Å². The zero-order chi connectivity index (χ0) is 16.0. The third-order valence-electron chi connectivity index (χ3n) is 2.75. The van der Waals surface area contributed by atoms with Crippen LogP contribution in [0.15, 0.2) is 23.1 Å². The van der Waals surface area contributed by atoms with Crippen molar-refractivity contribution in [1.29, 1.82) is 0 Å². The van der Waals surface area contributed by atoms with E-state index in [-0.39, 0.29) is 35.5 Å². The molecule has 0 amide bonds. The molecular weight excluding hydrogens is 298 g/mol. The number of methoxy groups -OCH3 is 1. The molecule has 2 N–H and O–H groups in total. The minimum atomic E-state index is -3.80. The molecule has 1 aromatic rings. The lowest BCUT2D eigenvalue weighted by molar-refractivity contribution is 0.0692. The molecule has 0 aliphatic heterocycles. The lowest BCUT2D eigenvalue weighted by atomic mass is 10.2. The number of carboxylic acid groups (broad SMARTS) is 1. The Labute approximate surface area is 123 Å². The molecule has 0 aromatic heterocycles. The van der Waals surface area contributed by atoms with Gasteiger partial charge in [0.2, 0.25) is 10.0 Å². The van der Waals surface area contributed by atoms with E-state index in [1.165, 1.54) is 19.2 Å². The van der Waals surface area contributed by atoms with Crippen molar-refractivity contribution in [3.8, 4) is 5.75 Å². The number of carboxylic acids is 1. The van der Waals surface area contributed by atoms with Crippen LogP contribution in [0.4, 0.5) is 0 Å². The minimum absolute atomic E-state index is 0.0917. The van der Waals surface area contributed by atoms with E-state index in [0.29, 0.717) is 0 Å². The van der Waals surface area contributed by atoms with E-state index in [1.807, 2.05) is 0 Å². The molecule has 1 atom stereocenters. The van der Waals surface area contributed by atoms with Crippen LogP contribution in [-0.4, -0.2) is 45.9 Å². The highest BCUT2D eigenvalue weighted by Crippen LogP contribution is 2.22. The Morgan fingerprint density at radius 2 is 2.10 bits per heavy atom. The van der Waals surface area contributed by atoms with E-state index < -0.39 is 16.0 Å². The molecule has 0 fully saturated rings. The molecule has 118 valence electrons. The quantitative estimate of drug-likeness (QED) is 0.744. The molecule has 1 rings (SSSR count). The summed E-state index contributed by atoms with van der Waals surface area (Å²) in [6, 6.07) is 3.71. The Morgan fingerprint density at radius 3 is 2.62 bits per heavy atom. The van der Waals surface area contributed by atoms with E-state index in [1.54, 1.807) is 13.8 Å². The van der Waals surface area contributed by atoms with Crippen LogP contribution in [0.2, 0.25) is 0 Å². The Morgan fingerprint density at radius 1 is 1.43 bits per heavy atom. The van der Waals surface area contributed by atoms with Crippen molar-refractivity contribution in [2.24, 2.45) is 0 Å². The van der Waals surface area contributed by atoms with E-state index in [9.17, 15) is 13.2 Å². The van der Waals surface area contributed by atoms with Gasteiger partial charge in [0, 0.05) is 13.7 Å². The van der Waals surface area contributed by atoms with Gasteiger partial charge >= 0.3 is 5.97 Å². The van der Waals surface area contributed by atoms with Crippen molar-refractivity contribution in [1.82, 2.24) is 4.72 Å². The molecule has 0 aliphatic rings. The van der Waals surface area contributed by atoms with Gasteiger partial charge in [0.25, 0.3) is 0 Å². The number of sulfonamides is 1. The minimum Gasteiger partial charge on any atom is -0.493 e. The van der Waals surface area contributed by atoms with Crippen molar-refractivity contribution < 1.29 is 27.8 Å². The first-order valence-electron chi connectivity index (χ1n) is 6.34.